The zero-order valence-electron chi connectivity index (χ0n) is 15.3. The number of hydrogen-bond donors (Lipinski definition) is 1. The molecule has 3 rings (SSSR count). The number of amides is 1. The number of rotatable bonds is 7. The first-order chi connectivity index (χ1) is 13.1. The number of carbonyl (C=O) groups is 2. The highest BCUT2D eigenvalue weighted by molar-refractivity contribution is 5.79. The van der Waals surface area contributed by atoms with Gasteiger partial charge >= 0.3 is 5.97 Å². The first-order valence-electron chi connectivity index (χ1n) is 9.26. The summed E-state index contributed by atoms with van der Waals surface area (Å²) in [6.07, 6.45) is 1.42. The summed E-state index contributed by atoms with van der Waals surface area (Å²) in [5.74, 6) is -0.858. The zero-order valence-corrected chi connectivity index (χ0v) is 15.3. The van der Waals surface area contributed by atoms with Crippen LogP contribution in [-0.4, -0.2) is 41.6 Å². The molecule has 0 aliphatic carbocycles. The van der Waals surface area contributed by atoms with Gasteiger partial charge in [-0.05, 0) is 30.4 Å². The van der Waals surface area contributed by atoms with Gasteiger partial charge in [-0.1, -0.05) is 60.7 Å². The molecule has 2 aromatic carbocycles. The monoisotopic (exact) mass is 367 g/mol. The third-order valence-corrected chi connectivity index (χ3v) is 5.25. The van der Waals surface area contributed by atoms with Crippen molar-refractivity contribution in [2.45, 2.75) is 25.9 Å². The fourth-order valence-electron chi connectivity index (χ4n) is 3.56. The second-order valence-electron chi connectivity index (χ2n) is 7.11. The molecule has 1 amide bonds. The minimum Gasteiger partial charge on any atom is -0.481 e. The maximum Gasteiger partial charge on any atom is 0.310 e. The number of carboxylic acids is 1. The quantitative estimate of drug-likeness (QED) is 0.816. The Labute approximate surface area is 159 Å². The van der Waals surface area contributed by atoms with E-state index in [2.05, 4.69) is 0 Å². The second kappa shape index (κ2) is 8.82. The number of benzene rings is 2. The molecule has 0 radical (unpaired) electrons. The Morgan fingerprint density at radius 2 is 1.48 bits per heavy atom. The van der Waals surface area contributed by atoms with Gasteiger partial charge in [0.05, 0.1) is 12.0 Å². The highest BCUT2D eigenvalue weighted by atomic mass is 16.5. The van der Waals surface area contributed by atoms with Crippen molar-refractivity contribution in [2.24, 2.45) is 5.41 Å². The Morgan fingerprint density at radius 3 is 2.04 bits per heavy atom. The highest BCUT2D eigenvalue weighted by Gasteiger charge is 2.42. The molecule has 0 unspecified atom stereocenters. The van der Waals surface area contributed by atoms with E-state index < -0.39 is 11.4 Å². The maximum atomic E-state index is 12.4. The lowest BCUT2D eigenvalue weighted by atomic mass is 9.74. The fourth-order valence-corrected chi connectivity index (χ4v) is 3.56. The first-order valence-corrected chi connectivity index (χ1v) is 9.26. The van der Waals surface area contributed by atoms with Crippen molar-refractivity contribution in [1.82, 2.24) is 4.90 Å². The Balaban J connectivity index is 1.51. The summed E-state index contributed by atoms with van der Waals surface area (Å²) in [5, 5.41) is 9.81. The second-order valence-corrected chi connectivity index (χ2v) is 7.11. The van der Waals surface area contributed by atoms with Crippen molar-refractivity contribution in [3.05, 3.63) is 71.8 Å². The summed E-state index contributed by atoms with van der Waals surface area (Å²) in [6, 6.07) is 19.4. The van der Waals surface area contributed by atoms with Crippen LogP contribution < -0.4 is 0 Å². The van der Waals surface area contributed by atoms with Gasteiger partial charge in [-0.25, -0.2) is 0 Å². The number of ether oxygens (including phenoxy) is 1. The normalized spacial score (nSPS) is 16.1. The minimum atomic E-state index is -0.803. The van der Waals surface area contributed by atoms with Crippen molar-refractivity contribution < 1.29 is 19.4 Å². The van der Waals surface area contributed by atoms with E-state index >= 15 is 0 Å². The van der Waals surface area contributed by atoms with Crippen LogP contribution in [0.25, 0.3) is 0 Å². The lowest BCUT2D eigenvalue weighted by molar-refractivity contribution is -0.155. The van der Waals surface area contributed by atoms with E-state index in [1.165, 1.54) is 0 Å². The van der Waals surface area contributed by atoms with Gasteiger partial charge in [0.1, 0.15) is 6.61 Å². The number of hydrogen-bond acceptors (Lipinski definition) is 3. The predicted molar refractivity (Wildman–Crippen MR) is 102 cm³/mol. The zero-order chi connectivity index (χ0) is 19.1. The van der Waals surface area contributed by atoms with Crippen LogP contribution in [0.5, 0.6) is 0 Å². The van der Waals surface area contributed by atoms with Crippen molar-refractivity contribution in [1.29, 1.82) is 0 Å². The molecule has 5 nitrogen and oxygen atoms in total. The largest absolute Gasteiger partial charge is 0.481 e. The molecule has 1 fully saturated rings. The topological polar surface area (TPSA) is 66.8 Å². The molecular formula is C22H25NO4. The summed E-state index contributed by atoms with van der Waals surface area (Å²) in [7, 11) is 0. The molecule has 1 saturated heterocycles. The Bertz CT molecular complexity index is 752. The van der Waals surface area contributed by atoms with E-state index in [1.54, 1.807) is 4.90 Å². The van der Waals surface area contributed by atoms with Crippen LogP contribution in [0.15, 0.2) is 60.7 Å². The van der Waals surface area contributed by atoms with Gasteiger partial charge in [0.25, 0.3) is 0 Å². The van der Waals surface area contributed by atoms with Gasteiger partial charge in [-0.3, -0.25) is 9.59 Å². The van der Waals surface area contributed by atoms with Crippen LogP contribution in [0, 0.1) is 5.41 Å². The molecule has 27 heavy (non-hydrogen) atoms. The van der Waals surface area contributed by atoms with Crippen LogP contribution in [-0.2, 0) is 27.4 Å². The van der Waals surface area contributed by atoms with Crippen molar-refractivity contribution in [2.75, 3.05) is 19.7 Å². The summed E-state index contributed by atoms with van der Waals surface area (Å²) in [4.78, 5) is 26.1. The molecule has 5 heteroatoms. The summed E-state index contributed by atoms with van der Waals surface area (Å²) in [6.45, 7) is 1.32. The molecule has 1 N–H and O–H groups in total. The van der Waals surface area contributed by atoms with Crippen LogP contribution in [0.3, 0.4) is 0 Å². The standard InChI is InChI=1S/C22H25NO4/c24-20(17-27-16-19-9-5-2-6-10-19)23-13-11-22(12-14-23,21(25)26)15-18-7-3-1-4-8-18/h1-10H,11-17H2,(H,25,26). The lowest BCUT2D eigenvalue weighted by Gasteiger charge is -2.39. The van der Waals surface area contributed by atoms with Crippen LogP contribution in [0.4, 0.5) is 0 Å². The molecule has 1 aliphatic rings. The number of likely N-dealkylation sites (tertiary alicyclic amines) is 1. The molecule has 1 heterocycles. The Kier molecular flexibility index (Phi) is 6.24. The third-order valence-electron chi connectivity index (χ3n) is 5.25. The third kappa shape index (κ3) is 4.95. The molecular weight excluding hydrogens is 342 g/mol. The molecule has 0 aromatic heterocycles. The smallest absolute Gasteiger partial charge is 0.310 e. The van der Waals surface area contributed by atoms with Crippen molar-refractivity contribution >= 4 is 11.9 Å². The number of aliphatic carboxylic acids is 1. The SMILES string of the molecule is O=C(COCc1ccccc1)N1CCC(Cc2ccccc2)(C(=O)O)CC1. The van der Waals surface area contributed by atoms with Gasteiger partial charge in [-0.2, -0.15) is 0 Å². The number of carboxylic acid groups (broad SMARTS) is 1. The first kappa shape index (κ1) is 19.1. The molecule has 0 saturated carbocycles. The maximum absolute atomic E-state index is 12.4. The molecule has 0 spiro atoms. The highest BCUT2D eigenvalue weighted by Crippen LogP contribution is 2.35. The van der Waals surface area contributed by atoms with Gasteiger partial charge < -0.3 is 14.7 Å². The predicted octanol–water partition coefficient (Wildman–Crippen LogP) is 3.14. The van der Waals surface area contributed by atoms with Crippen LogP contribution in [0.2, 0.25) is 0 Å². The Morgan fingerprint density at radius 1 is 0.926 bits per heavy atom. The number of nitrogens with zero attached hydrogens (tertiary/aromatic N) is 1. The van der Waals surface area contributed by atoms with Crippen LogP contribution in [0.1, 0.15) is 24.0 Å². The van der Waals surface area contributed by atoms with E-state index in [9.17, 15) is 14.7 Å². The molecule has 142 valence electrons. The van der Waals surface area contributed by atoms with E-state index in [4.69, 9.17) is 4.74 Å². The van der Waals surface area contributed by atoms with Gasteiger partial charge in [0, 0.05) is 13.1 Å². The average Bonchev–Trinajstić information content (AvgIpc) is 2.70. The van der Waals surface area contributed by atoms with Crippen LogP contribution >= 0.6 is 0 Å². The Hall–Kier alpha value is -2.66. The molecule has 1 aliphatic heterocycles. The summed E-state index contributed by atoms with van der Waals surface area (Å²) < 4.78 is 5.52. The molecule has 0 atom stereocenters. The molecule has 0 bridgehead atoms. The minimum absolute atomic E-state index is 0.0215. The number of piperidine rings is 1. The van der Waals surface area contributed by atoms with Crippen molar-refractivity contribution in [3.63, 3.8) is 0 Å². The lowest BCUT2D eigenvalue weighted by Crippen LogP contribution is -2.48. The van der Waals surface area contributed by atoms with E-state index in [0.717, 1.165) is 11.1 Å². The van der Waals surface area contributed by atoms with Gasteiger partial charge in [-0.15, -0.1) is 0 Å². The van der Waals surface area contributed by atoms with Gasteiger partial charge in [0.2, 0.25) is 5.91 Å². The van der Waals surface area contributed by atoms with E-state index in [-0.39, 0.29) is 12.5 Å². The summed E-state index contributed by atoms with van der Waals surface area (Å²) >= 11 is 0. The average molecular weight is 367 g/mol. The van der Waals surface area contributed by atoms with Crippen molar-refractivity contribution in [3.8, 4) is 0 Å². The summed E-state index contributed by atoms with van der Waals surface area (Å²) in [5.41, 5.74) is 1.24. The number of carbonyl (C=O) groups excluding carboxylic acids is 1. The molecule has 2 aromatic rings. The fraction of sp³-hybridized carbons (Fsp3) is 0.364. The van der Waals surface area contributed by atoms with E-state index in [0.29, 0.717) is 39.0 Å². The van der Waals surface area contributed by atoms with Gasteiger partial charge in [0.15, 0.2) is 0 Å². The van der Waals surface area contributed by atoms with E-state index in [1.807, 2.05) is 60.7 Å².